The van der Waals surface area contributed by atoms with Gasteiger partial charge in [-0.3, -0.25) is 9.59 Å². The van der Waals surface area contributed by atoms with Crippen molar-refractivity contribution in [2.45, 2.75) is 232 Å². The maximum atomic E-state index is 12.8. The zero-order valence-corrected chi connectivity index (χ0v) is 42.9. The molecule has 0 amide bonds. The minimum atomic E-state index is -0.616. The average molecular weight is 913 g/mol. The van der Waals surface area contributed by atoms with Crippen LogP contribution in [0.15, 0.2) is 122 Å². The molecule has 0 radical (unpaired) electrons. The summed E-state index contributed by atoms with van der Waals surface area (Å²) in [6.45, 7) is 7.41. The molecule has 374 valence electrons. The van der Waals surface area contributed by atoms with Crippen LogP contribution in [0.25, 0.3) is 0 Å². The number of rotatable bonds is 48. The van der Waals surface area contributed by atoms with Gasteiger partial charge in [0.25, 0.3) is 0 Å². The minimum absolute atomic E-state index is 0.0248. The van der Waals surface area contributed by atoms with Crippen LogP contribution in [-0.4, -0.2) is 37.9 Å². The summed E-state index contributed by atoms with van der Waals surface area (Å²) < 4.78 is 17.3. The van der Waals surface area contributed by atoms with E-state index in [0.29, 0.717) is 13.0 Å². The highest BCUT2D eigenvalue weighted by atomic mass is 16.6. The standard InChI is InChI=1S/C61H100O5/c1-4-7-10-13-16-19-22-25-28-30-31-32-34-36-39-42-45-48-51-54-60(62)65-58-59(57-64-56-53-50-47-44-41-38-35-29-26-23-20-17-14-11-8-5-2)66-61(63)55-52-49-46-43-40-37-33-27-24-21-18-15-12-9-6-3/h8-9,11-12,17-18,20-21,25-29,33,38,40-41,43,49,52,59H,4-7,10,13-16,19,22-24,30-32,34-37,39,42,44-48,50-51,53-58H2,1-3H3/b11-8-,12-9-,20-17-,21-18-,28-25-,29-26-,33-27-,41-38-,43-40-,52-49-. The van der Waals surface area contributed by atoms with Crippen molar-refractivity contribution < 1.29 is 23.8 Å². The Morgan fingerprint density at radius 1 is 0.364 bits per heavy atom. The van der Waals surface area contributed by atoms with Crippen molar-refractivity contribution in [3.05, 3.63) is 122 Å². The van der Waals surface area contributed by atoms with Crippen LogP contribution < -0.4 is 0 Å². The third kappa shape index (κ3) is 52.9. The summed E-state index contributed by atoms with van der Waals surface area (Å²) in [4.78, 5) is 25.4. The second kappa shape index (κ2) is 55.6. The van der Waals surface area contributed by atoms with Crippen molar-refractivity contribution in [3.8, 4) is 0 Å². The Morgan fingerprint density at radius 2 is 0.727 bits per heavy atom. The largest absolute Gasteiger partial charge is 0.462 e. The molecule has 0 rings (SSSR count). The van der Waals surface area contributed by atoms with Crippen molar-refractivity contribution in [2.75, 3.05) is 19.8 Å². The quantitative estimate of drug-likeness (QED) is 0.0346. The molecular formula is C61H100O5. The first-order valence-corrected chi connectivity index (χ1v) is 27.1. The number of ether oxygens (including phenoxy) is 3. The number of hydrogen-bond donors (Lipinski definition) is 0. The van der Waals surface area contributed by atoms with Crippen molar-refractivity contribution in [1.82, 2.24) is 0 Å². The molecule has 0 fully saturated rings. The smallest absolute Gasteiger partial charge is 0.310 e. The van der Waals surface area contributed by atoms with E-state index in [2.05, 4.69) is 130 Å². The van der Waals surface area contributed by atoms with Gasteiger partial charge in [-0.25, -0.2) is 0 Å². The second-order valence-electron chi connectivity index (χ2n) is 17.4. The van der Waals surface area contributed by atoms with E-state index in [-0.39, 0.29) is 31.6 Å². The maximum absolute atomic E-state index is 12.8. The molecule has 0 aromatic carbocycles. The van der Waals surface area contributed by atoms with Crippen LogP contribution >= 0.6 is 0 Å². The van der Waals surface area contributed by atoms with Crippen LogP contribution in [-0.2, 0) is 23.8 Å². The summed E-state index contributed by atoms with van der Waals surface area (Å²) in [5.74, 6) is -0.569. The molecule has 5 nitrogen and oxygen atoms in total. The molecule has 0 aliphatic heterocycles. The van der Waals surface area contributed by atoms with Crippen LogP contribution in [0, 0.1) is 0 Å². The zero-order chi connectivity index (χ0) is 47.7. The van der Waals surface area contributed by atoms with Gasteiger partial charge in [-0.1, -0.05) is 226 Å². The fourth-order valence-electron chi connectivity index (χ4n) is 7.04. The summed E-state index contributed by atoms with van der Waals surface area (Å²) in [6.07, 6.45) is 78.1. The van der Waals surface area contributed by atoms with E-state index in [9.17, 15) is 9.59 Å². The summed E-state index contributed by atoms with van der Waals surface area (Å²) >= 11 is 0. The first-order valence-electron chi connectivity index (χ1n) is 27.1. The van der Waals surface area contributed by atoms with Crippen LogP contribution in [0.2, 0.25) is 0 Å². The Morgan fingerprint density at radius 3 is 1.18 bits per heavy atom. The average Bonchev–Trinajstić information content (AvgIpc) is 3.32. The van der Waals surface area contributed by atoms with Crippen molar-refractivity contribution in [1.29, 1.82) is 0 Å². The number of carbonyl (C=O) groups is 2. The molecule has 0 heterocycles. The van der Waals surface area contributed by atoms with Crippen LogP contribution in [0.3, 0.4) is 0 Å². The topological polar surface area (TPSA) is 61.8 Å². The third-order valence-electron chi connectivity index (χ3n) is 11.0. The van der Waals surface area contributed by atoms with Crippen LogP contribution in [0.1, 0.15) is 226 Å². The number of allylic oxidation sites excluding steroid dienone is 19. The molecular weight excluding hydrogens is 813 g/mol. The van der Waals surface area contributed by atoms with E-state index in [0.717, 1.165) is 103 Å². The van der Waals surface area contributed by atoms with E-state index < -0.39 is 6.10 Å². The predicted molar refractivity (Wildman–Crippen MR) is 288 cm³/mol. The first-order chi connectivity index (χ1) is 32.6. The Bertz CT molecular complexity index is 1350. The van der Waals surface area contributed by atoms with E-state index in [4.69, 9.17) is 14.2 Å². The molecule has 0 aliphatic carbocycles. The molecule has 0 N–H and O–H groups in total. The Labute approximate surface area is 407 Å². The van der Waals surface area contributed by atoms with Gasteiger partial charge >= 0.3 is 11.9 Å². The Kier molecular flexibility index (Phi) is 52.5. The highest BCUT2D eigenvalue weighted by Crippen LogP contribution is 2.13. The first kappa shape index (κ1) is 62.3. The van der Waals surface area contributed by atoms with Crippen molar-refractivity contribution >= 4 is 11.9 Å². The minimum Gasteiger partial charge on any atom is -0.462 e. The molecule has 1 unspecified atom stereocenters. The molecule has 0 bridgehead atoms. The maximum Gasteiger partial charge on any atom is 0.310 e. The van der Waals surface area contributed by atoms with Crippen LogP contribution in [0.5, 0.6) is 0 Å². The van der Waals surface area contributed by atoms with Crippen molar-refractivity contribution in [2.24, 2.45) is 0 Å². The van der Waals surface area contributed by atoms with E-state index in [1.165, 1.54) is 89.9 Å². The van der Waals surface area contributed by atoms with Crippen molar-refractivity contribution in [3.63, 3.8) is 0 Å². The Balaban J connectivity index is 4.43. The summed E-state index contributed by atoms with van der Waals surface area (Å²) in [5.41, 5.74) is 0. The zero-order valence-electron chi connectivity index (χ0n) is 42.9. The molecule has 0 saturated carbocycles. The van der Waals surface area contributed by atoms with Gasteiger partial charge in [0.05, 0.1) is 13.0 Å². The lowest BCUT2D eigenvalue weighted by atomic mass is 10.1. The lowest BCUT2D eigenvalue weighted by molar-refractivity contribution is -0.162. The van der Waals surface area contributed by atoms with Gasteiger partial charge in [0, 0.05) is 13.0 Å². The monoisotopic (exact) mass is 913 g/mol. The van der Waals surface area contributed by atoms with Gasteiger partial charge in [-0.05, 0) is 109 Å². The highest BCUT2D eigenvalue weighted by Gasteiger charge is 2.17. The molecule has 0 aromatic heterocycles. The van der Waals surface area contributed by atoms with E-state index in [1.807, 2.05) is 12.2 Å². The number of unbranched alkanes of at least 4 members (excludes halogenated alkanes) is 18. The summed E-state index contributed by atoms with van der Waals surface area (Å²) in [6, 6.07) is 0. The molecule has 0 saturated heterocycles. The number of hydrogen-bond acceptors (Lipinski definition) is 5. The van der Waals surface area contributed by atoms with E-state index in [1.54, 1.807) is 0 Å². The number of esters is 2. The molecule has 0 aliphatic rings. The van der Waals surface area contributed by atoms with Gasteiger partial charge in [0.1, 0.15) is 6.61 Å². The predicted octanol–water partition coefficient (Wildman–Crippen LogP) is 18.6. The van der Waals surface area contributed by atoms with Gasteiger partial charge in [0.15, 0.2) is 6.10 Å². The molecule has 66 heavy (non-hydrogen) atoms. The fraction of sp³-hybridized carbons (Fsp3) is 0.639. The summed E-state index contributed by atoms with van der Waals surface area (Å²) in [7, 11) is 0. The van der Waals surface area contributed by atoms with Gasteiger partial charge in [-0.15, -0.1) is 0 Å². The molecule has 5 heteroatoms. The second-order valence-corrected chi connectivity index (χ2v) is 17.4. The van der Waals surface area contributed by atoms with E-state index >= 15 is 0 Å². The third-order valence-corrected chi connectivity index (χ3v) is 11.0. The van der Waals surface area contributed by atoms with Gasteiger partial charge in [0.2, 0.25) is 0 Å². The Hall–Kier alpha value is -3.70. The van der Waals surface area contributed by atoms with Crippen LogP contribution in [0.4, 0.5) is 0 Å². The summed E-state index contributed by atoms with van der Waals surface area (Å²) in [5, 5.41) is 0. The van der Waals surface area contributed by atoms with Gasteiger partial charge in [-0.2, -0.15) is 0 Å². The molecule has 1 atom stereocenters. The lowest BCUT2D eigenvalue weighted by Gasteiger charge is -2.18. The lowest BCUT2D eigenvalue weighted by Crippen LogP contribution is -2.29. The SMILES string of the molecule is CC/C=C\C/C=C\C/C=C\C/C=C\C/C=C\CC(=O)OC(COCCCCC/C=C\C/C=C\C/C=C\C/C=C\CC)COC(=O)CCCCCCCCCCC/C=C\CCCCCCCC. The highest BCUT2D eigenvalue weighted by molar-refractivity contribution is 5.71. The normalized spacial score (nSPS) is 13.2. The molecule has 0 aromatic rings. The molecule has 0 spiro atoms. The van der Waals surface area contributed by atoms with Gasteiger partial charge < -0.3 is 14.2 Å². The fourth-order valence-corrected chi connectivity index (χ4v) is 7.04. The number of carbonyl (C=O) groups excluding carboxylic acids is 2.